The molecule has 0 aromatic heterocycles. The highest BCUT2D eigenvalue weighted by molar-refractivity contribution is 4.79. The summed E-state index contributed by atoms with van der Waals surface area (Å²) < 4.78 is 0. The molecule has 0 bridgehead atoms. The summed E-state index contributed by atoms with van der Waals surface area (Å²) in [4.78, 5) is 0. The molecule has 0 atom stereocenters. The highest BCUT2D eigenvalue weighted by Crippen LogP contribution is 2.31. The summed E-state index contributed by atoms with van der Waals surface area (Å²) in [5.74, 6) is 1.00. The molecule has 12 heavy (non-hydrogen) atoms. The average Bonchev–Trinajstić information content (AvgIpc) is 2.70. The zero-order valence-corrected chi connectivity index (χ0v) is 8.27. The Labute approximate surface area is 75.4 Å². The second kappa shape index (κ2) is 4.24. The lowest BCUT2D eigenvalue weighted by Gasteiger charge is -2.25. The maximum Gasteiger partial charge on any atom is 0.0448 e. The van der Waals surface area contributed by atoms with Crippen LogP contribution < -0.4 is 5.32 Å². The van der Waals surface area contributed by atoms with Crippen molar-refractivity contribution in [2.45, 2.75) is 45.1 Å². The van der Waals surface area contributed by atoms with Crippen LogP contribution in [-0.4, -0.2) is 23.8 Å². The standard InChI is InChI=1S/C10H21NO/c1-10(2,6-8-12)11-7-5-9-3-4-9/h9,11-12H,3-8H2,1-2H3. The van der Waals surface area contributed by atoms with Gasteiger partial charge in [0.05, 0.1) is 0 Å². The molecule has 0 heterocycles. The number of rotatable bonds is 6. The molecule has 0 unspecified atom stereocenters. The number of nitrogens with one attached hydrogen (secondary N) is 1. The molecule has 1 fully saturated rings. The van der Waals surface area contributed by atoms with E-state index in [0.29, 0.717) is 0 Å². The van der Waals surface area contributed by atoms with Crippen LogP contribution in [0, 0.1) is 5.92 Å². The molecule has 2 heteroatoms. The van der Waals surface area contributed by atoms with Crippen molar-refractivity contribution >= 4 is 0 Å². The topological polar surface area (TPSA) is 32.3 Å². The fourth-order valence-corrected chi connectivity index (χ4v) is 1.39. The zero-order valence-electron chi connectivity index (χ0n) is 8.27. The van der Waals surface area contributed by atoms with E-state index < -0.39 is 0 Å². The second-order valence-electron chi connectivity index (χ2n) is 4.52. The van der Waals surface area contributed by atoms with Gasteiger partial charge >= 0.3 is 0 Å². The number of aliphatic hydroxyl groups is 1. The minimum Gasteiger partial charge on any atom is -0.396 e. The third-order valence-corrected chi connectivity index (χ3v) is 2.59. The summed E-state index contributed by atoms with van der Waals surface area (Å²) in [5.41, 5.74) is 0.115. The Morgan fingerprint density at radius 3 is 2.58 bits per heavy atom. The second-order valence-corrected chi connectivity index (χ2v) is 4.52. The molecule has 1 rings (SSSR count). The Morgan fingerprint density at radius 1 is 1.42 bits per heavy atom. The minimum atomic E-state index is 0.115. The number of hydrogen-bond acceptors (Lipinski definition) is 2. The first-order chi connectivity index (χ1) is 5.64. The first-order valence-corrected chi connectivity index (χ1v) is 5.00. The summed E-state index contributed by atoms with van der Waals surface area (Å²) in [7, 11) is 0. The zero-order chi connectivity index (χ0) is 9.03. The van der Waals surface area contributed by atoms with Crippen molar-refractivity contribution in [3.8, 4) is 0 Å². The van der Waals surface area contributed by atoms with E-state index in [4.69, 9.17) is 5.11 Å². The van der Waals surface area contributed by atoms with Crippen LogP contribution in [0.5, 0.6) is 0 Å². The molecule has 72 valence electrons. The van der Waals surface area contributed by atoms with Gasteiger partial charge in [-0.05, 0) is 39.2 Å². The van der Waals surface area contributed by atoms with Gasteiger partial charge in [-0.1, -0.05) is 12.8 Å². The largest absolute Gasteiger partial charge is 0.396 e. The van der Waals surface area contributed by atoms with Gasteiger partial charge < -0.3 is 10.4 Å². The molecule has 0 amide bonds. The maximum absolute atomic E-state index is 8.78. The van der Waals surface area contributed by atoms with E-state index >= 15 is 0 Å². The maximum atomic E-state index is 8.78. The summed E-state index contributed by atoms with van der Waals surface area (Å²) in [5, 5.41) is 12.3. The SMILES string of the molecule is CC(C)(CCO)NCCC1CC1. The Morgan fingerprint density at radius 2 is 2.08 bits per heavy atom. The van der Waals surface area contributed by atoms with Gasteiger partial charge in [0.2, 0.25) is 0 Å². The van der Waals surface area contributed by atoms with E-state index in [1.54, 1.807) is 0 Å². The minimum absolute atomic E-state index is 0.115. The van der Waals surface area contributed by atoms with E-state index in [2.05, 4.69) is 19.2 Å². The molecular weight excluding hydrogens is 150 g/mol. The molecule has 0 aromatic rings. The molecule has 1 aliphatic carbocycles. The van der Waals surface area contributed by atoms with Crippen LogP contribution in [-0.2, 0) is 0 Å². The molecule has 0 spiro atoms. The van der Waals surface area contributed by atoms with Gasteiger partial charge in [-0.15, -0.1) is 0 Å². The van der Waals surface area contributed by atoms with Gasteiger partial charge in [0.15, 0.2) is 0 Å². The van der Waals surface area contributed by atoms with Crippen LogP contribution in [0.15, 0.2) is 0 Å². The van der Waals surface area contributed by atoms with Gasteiger partial charge in [-0.25, -0.2) is 0 Å². The lowest BCUT2D eigenvalue weighted by Crippen LogP contribution is -2.40. The number of hydrogen-bond donors (Lipinski definition) is 2. The van der Waals surface area contributed by atoms with E-state index in [-0.39, 0.29) is 12.1 Å². The lowest BCUT2D eigenvalue weighted by molar-refractivity contribution is 0.230. The van der Waals surface area contributed by atoms with Crippen molar-refractivity contribution in [1.82, 2.24) is 5.32 Å². The molecule has 1 aliphatic rings. The summed E-state index contributed by atoms with van der Waals surface area (Å²) in [6.07, 6.45) is 5.02. The van der Waals surface area contributed by atoms with E-state index in [1.165, 1.54) is 19.3 Å². The first-order valence-electron chi connectivity index (χ1n) is 5.00. The molecule has 2 nitrogen and oxygen atoms in total. The Bertz CT molecular complexity index is 130. The van der Waals surface area contributed by atoms with Gasteiger partial charge in [-0.2, -0.15) is 0 Å². The smallest absolute Gasteiger partial charge is 0.0448 e. The fraction of sp³-hybridized carbons (Fsp3) is 1.00. The summed E-state index contributed by atoms with van der Waals surface area (Å²) in [6, 6.07) is 0. The molecule has 2 N–H and O–H groups in total. The third kappa shape index (κ3) is 4.07. The van der Waals surface area contributed by atoms with E-state index in [9.17, 15) is 0 Å². The van der Waals surface area contributed by atoms with Crippen LogP contribution in [0.3, 0.4) is 0 Å². The fourth-order valence-electron chi connectivity index (χ4n) is 1.39. The third-order valence-electron chi connectivity index (χ3n) is 2.59. The van der Waals surface area contributed by atoms with E-state index in [0.717, 1.165) is 18.9 Å². The summed E-state index contributed by atoms with van der Waals surface area (Å²) >= 11 is 0. The van der Waals surface area contributed by atoms with Crippen molar-refractivity contribution < 1.29 is 5.11 Å². The Kier molecular flexibility index (Phi) is 3.53. The molecule has 0 saturated heterocycles. The van der Waals surface area contributed by atoms with Crippen molar-refractivity contribution in [2.75, 3.05) is 13.2 Å². The lowest BCUT2D eigenvalue weighted by atomic mass is 10.0. The normalized spacial score (nSPS) is 18.2. The van der Waals surface area contributed by atoms with Gasteiger partial charge in [0, 0.05) is 12.1 Å². The highest BCUT2D eigenvalue weighted by Gasteiger charge is 2.22. The molecule has 0 radical (unpaired) electrons. The molecule has 0 aromatic carbocycles. The predicted molar refractivity (Wildman–Crippen MR) is 51.1 cm³/mol. The number of aliphatic hydroxyl groups excluding tert-OH is 1. The Balaban J connectivity index is 2.01. The molecule has 1 saturated carbocycles. The quantitative estimate of drug-likeness (QED) is 0.635. The molecular formula is C10H21NO. The van der Waals surface area contributed by atoms with Crippen LogP contribution in [0.4, 0.5) is 0 Å². The molecule has 0 aliphatic heterocycles. The van der Waals surface area contributed by atoms with Crippen LogP contribution >= 0.6 is 0 Å². The van der Waals surface area contributed by atoms with E-state index in [1.807, 2.05) is 0 Å². The van der Waals surface area contributed by atoms with Crippen molar-refractivity contribution in [3.05, 3.63) is 0 Å². The van der Waals surface area contributed by atoms with Gasteiger partial charge in [0.1, 0.15) is 0 Å². The average molecular weight is 171 g/mol. The van der Waals surface area contributed by atoms with Crippen molar-refractivity contribution in [1.29, 1.82) is 0 Å². The van der Waals surface area contributed by atoms with Crippen LogP contribution in [0.1, 0.15) is 39.5 Å². The summed E-state index contributed by atoms with van der Waals surface area (Å²) in [6.45, 7) is 5.69. The Hall–Kier alpha value is -0.0800. The monoisotopic (exact) mass is 171 g/mol. The van der Waals surface area contributed by atoms with Crippen LogP contribution in [0.25, 0.3) is 0 Å². The van der Waals surface area contributed by atoms with Gasteiger partial charge in [0.25, 0.3) is 0 Å². The predicted octanol–water partition coefficient (Wildman–Crippen LogP) is 1.54. The first kappa shape index (κ1) is 10.0. The van der Waals surface area contributed by atoms with Crippen LogP contribution in [0.2, 0.25) is 0 Å². The van der Waals surface area contributed by atoms with Gasteiger partial charge in [-0.3, -0.25) is 0 Å². The highest BCUT2D eigenvalue weighted by atomic mass is 16.3. The van der Waals surface area contributed by atoms with Crippen molar-refractivity contribution in [3.63, 3.8) is 0 Å². The van der Waals surface area contributed by atoms with Crippen molar-refractivity contribution in [2.24, 2.45) is 5.92 Å².